The molecular weight excluding hydrogens is 195 g/mol. The Labute approximate surface area is 78.8 Å². The van der Waals surface area contributed by atoms with Gasteiger partial charge in [0.05, 0.1) is 0 Å². The van der Waals surface area contributed by atoms with Crippen LogP contribution in [-0.2, 0) is 6.18 Å². The lowest BCUT2D eigenvalue weighted by Crippen LogP contribution is -2.24. The standard InChI is InChI=1S/C9H10F3NO/c1-5(2)6-3-4-13-8(14)7(6)9(10,11)12/h3-5H,1-2H3,(H,13,14). The van der Waals surface area contributed by atoms with Crippen LogP contribution in [0, 0.1) is 0 Å². The first-order chi connectivity index (χ1) is 6.34. The number of aromatic nitrogens is 1. The van der Waals surface area contributed by atoms with Crippen molar-refractivity contribution in [3.63, 3.8) is 0 Å². The van der Waals surface area contributed by atoms with Crippen LogP contribution >= 0.6 is 0 Å². The van der Waals surface area contributed by atoms with E-state index in [0.717, 1.165) is 0 Å². The van der Waals surface area contributed by atoms with Crippen LogP contribution < -0.4 is 5.56 Å². The van der Waals surface area contributed by atoms with Crippen molar-refractivity contribution in [2.24, 2.45) is 0 Å². The van der Waals surface area contributed by atoms with Gasteiger partial charge in [-0.2, -0.15) is 13.2 Å². The highest BCUT2D eigenvalue weighted by atomic mass is 19.4. The number of aromatic amines is 1. The van der Waals surface area contributed by atoms with E-state index in [4.69, 9.17) is 0 Å². The van der Waals surface area contributed by atoms with E-state index in [9.17, 15) is 18.0 Å². The first-order valence-corrected chi connectivity index (χ1v) is 4.13. The molecular formula is C9H10F3NO. The predicted octanol–water partition coefficient (Wildman–Crippen LogP) is 2.52. The number of halogens is 3. The van der Waals surface area contributed by atoms with Crippen molar-refractivity contribution in [3.8, 4) is 0 Å². The van der Waals surface area contributed by atoms with Gasteiger partial charge >= 0.3 is 6.18 Å². The third kappa shape index (κ3) is 1.97. The summed E-state index contributed by atoms with van der Waals surface area (Å²) in [4.78, 5) is 13.0. The molecule has 0 atom stereocenters. The maximum atomic E-state index is 12.4. The molecule has 1 aromatic heterocycles. The average molecular weight is 205 g/mol. The summed E-state index contributed by atoms with van der Waals surface area (Å²) in [7, 11) is 0. The van der Waals surface area contributed by atoms with Gasteiger partial charge in [0.25, 0.3) is 5.56 Å². The predicted molar refractivity (Wildman–Crippen MR) is 46.2 cm³/mol. The third-order valence-electron chi connectivity index (χ3n) is 1.90. The lowest BCUT2D eigenvalue weighted by molar-refractivity contribution is -0.139. The SMILES string of the molecule is CC(C)c1cc[nH]c(=O)c1C(F)(F)F. The molecule has 5 heteroatoms. The molecule has 2 nitrogen and oxygen atoms in total. The van der Waals surface area contributed by atoms with Crippen molar-refractivity contribution >= 4 is 0 Å². The molecule has 0 saturated carbocycles. The molecule has 0 bridgehead atoms. The van der Waals surface area contributed by atoms with E-state index in [0.29, 0.717) is 0 Å². The minimum atomic E-state index is -4.59. The zero-order chi connectivity index (χ0) is 10.9. The molecule has 78 valence electrons. The molecule has 0 unspecified atom stereocenters. The monoisotopic (exact) mass is 205 g/mol. The molecule has 0 fully saturated rings. The van der Waals surface area contributed by atoms with E-state index in [1.54, 1.807) is 13.8 Å². The minimum Gasteiger partial charge on any atom is -0.329 e. The third-order valence-corrected chi connectivity index (χ3v) is 1.90. The number of alkyl halides is 3. The number of nitrogens with one attached hydrogen (secondary N) is 1. The zero-order valence-corrected chi connectivity index (χ0v) is 7.77. The molecule has 1 aromatic rings. The lowest BCUT2D eigenvalue weighted by Gasteiger charge is -2.13. The van der Waals surface area contributed by atoms with Gasteiger partial charge in [-0.05, 0) is 17.5 Å². The van der Waals surface area contributed by atoms with Gasteiger partial charge in [0, 0.05) is 6.20 Å². The lowest BCUT2D eigenvalue weighted by atomic mass is 9.99. The van der Waals surface area contributed by atoms with E-state index in [1.165, 1.54) is 12.3 Å². The Balaban J connectivity index is 3.46. The summed E-state index contributed by atoms with van der Waals surface area (Å²) >= 11 is 0. The van der Waals surface area contributed by atoms with Crippen LogP contribution in [0.2, 0.25) is 0 Å². The molecule has 1 heterocycles. The fourth-order valence-corrected chi connectivity index (χ4v) is 1.27. The molecule has 0 radical (unpaired) electrons. The fourth-order valence-electron chi connectivity index (χ4n) is 1.27. The topological polar surface area (TPSA) is 32.9 Å². The molecule has 1 N–H and O–H groups in total. The maximum absolute atomic E-state index is 12.4. The van der Waals surface area contributed by atoms with Gasteiger partial charge in [0.1, 0.15) is 5.56 Å². The van der Waals surface area contributed by atoms with E-state index >= 15 is 0 Å². The summed E-state index contributed by atoms with van der Waals surface area (Å²) in [6.07, 6.45) is -3.36. The smallest absolute Gasteiger partial charge is 0.329 e. The second-order valence-electron chi connectivity index (χ2n) is 3.29. The molecule has 0 aliphatic carbocycles. The Bertz CT molecular complexity index is 378. The van der Waals surface area contributed by atoms with E-state index in [2.05, 4.69) is 0 Å². The molecule has 0 aliphatic heterocycles. The van der Waals surface area contributed by atoms with Crippen LogP contribution in [0.3, 0.4) is 0 Å². The van der Waals surface area contributed by atoms with Crippen LogP contribution in [-0.4, -0.2) is 4.98 Å². The Morgan fingerprint density at radius 2 is 1.93 bits per heavy atom. The second kappa shape index (κ2) is 3.48. The number of hydrogen-bond acceptors (Lipinski definition) is 1. The first kappa shape index (κ1) is 10.8. The summed E-state index contributed by atoms with van der Waals surface area (Å²) < 4.78 is 37.3. The van der Waals surface area contributed by atoms with Crippen molar-refractivity contribution in [2.45, 2.75) is 25.9 Å². The molecule has 14 heavy (non-hydrogen) atoms. The average Bonchev–Trinajstić information content (AvgIpc) is 2.01. The molecule has 0 spiro atoms. The normalized spacial score (nSPS) is 12.1. The molecule has 0 amide bonds. The second-order valence-corrected chi connectivity index (χ2v) is 3.29. The number of rotatable bonds is 1. The quantitative estimate of drug-likeness (QED) is 0.750. The fraction of sp³-hybridized carbons (Fsp3) is 0.444. The van der Waals surface area contributed by atoms with Gasteiger partial charge in [0.2, 0.25) is 0 Å². The summed E-state index contributed by atoms with van der Waals surface area (Å²) in [6, 6.07) is 1.29. The van der Waals surface area contributed by atoms with Crippen molar-refractivity contribution in [2.75, 3.05) is 0 Å². The summed E-state index contributed by atoms with van der Waals surface area (Å²) in [5.74, 6) is -0.325. The van der Waals surface area contributed by atoms with Gasteiger partial charge in [-0.25, -0.2) is 0 Å². The highest BCUT2D eigenvalue weighted by Gasteiger charge is 2.37. The van der Waals surface area contributed by atoms with Gasteiger partial charge < -0.3 is 4.98 Å². The van der Waals surface area contributed by atoms with Gasteiger partial charge in [-0.3, -0.25) is 4.79 Å². The summed E-state index contributed by atoms with van der Waals surface area (Å²) in [5, 5.41) is 0. The number of hydrogen-bond donors (Lipinski definition) is 1. The van der Waals surface area contributed by atoms with Crippen LogP contribution in [0.25, 0.3) is 0 Å². The molecule has 0 saturated heterocycles. The Morgan fingerprint density at radius 1 is 1.36 bits per heavy atom. The van der Waals surface area contributed by atoms with E-state index < -0.39 is 17.3 Å². The molecule has 0 aliphatic rings. The van der Waals surface area contributed by atoms with Gasteiger partial charge in [-0.15, -0.1) is 0 Å². The van der Waals surface area contributed by atoms with Crippen molar-refractivity contribution in [1.82, 2.24) is 4.98 Å². The van der Waals surface area contributed by atoms with Crippen LogP contribution in [0.5, 0.6) is 0 Å². The Morgan fingerprint density at radius 3 is 2.29 bits per heavy atom. The van der Waals surface area contributed by atoms with E-state index in [1.807, 2.05) is 4.98 Å². The van der Waals surface area contributed by atoms with Crippen LogP contribution in [0.15, 0.2) is 17.1 Å². The van der Waals surface area contributed by atoms with Gasteiger partial charge in [0.15, 0.2) is 0 Å². The Hall–Kier alpha value is -1.26. The van der Waals surface area contributed by atoms with E-state index in [-0.39, 0.29) is 11.5 Å². The zero-order valence-electron chi connectivity index (χ0n) is 7.77. The van der Waals surface area contributed by atoms with Crippen molar-refractivity contribution in [3.05, 3.63) is 33.7 Å². The molecule has 1 rings (SSSR count). The number of H-pyrrole nitrogens is 1. The van der Waals surface area contributed by atoms with Crippen LogP contribution in [0.4, 0.5) is 13.2 Å². The number of pyridine rings is 1. The highest BCUT2D eigenvalue weighted by Crippen LogP contribution is 2.31. The maximum Gasteiger partial charge on any atom is 0.421 e. The highest BCUT2D eigenvalue weighted by molar-refractivity contribution is 5.28. The summed E-state index contributed by atoms with van der Waals surface area (Å²) in [5.41, 5.74) is -2.14. The van der Waals surface area contributed by atoms with Crippen LogP contribution in [0.1, 0.15) is 30.9 Å². The van der Waals surface area contributed by atoms with Crippen molar-refractivity contribution in [1.29, 1.82) is 0 Å². The van der Waals surface area contributed by atoms with Crippen molar-refractivity contribution < 1.29 is 13.2 Å². The summed E-state index contributed by atoms with van der Waals surface area (Å²) in [6.45, 7) is 3.23. The largest absolute Gasteiger partial charge is 0.421 e. The first-order valence-electron chi connectivity index (χ1n) is 4.13. The minimum absolute atomic E-state index is 0.0289. The van der Waals surface area contributed by atoms with Gasteiger partial charge in [-0.1, -0.05) is 13.8 Å². The Kier molecular flexibility index (Phi) is 2.69. The molecule has 0 aromatic carbocycles.